The fraction of sp³-hybridized carbons (Fsp3) is 0.143. The highest BCUT2D eigenvalue weighted by atomic mass is 32.1. The number of rotatable bonds is 0. The number of aromatic hydroxyl groups is 1. The summed E-state index contributed by atoms with van der Waals surface area (Å²) in [7, 11) is 0. The quantitative estimate of drug-likeness (QED) is 0.554. The van der Waals surface area contributed by atoms with Crippen molar-refractivity contribution in [2.45, 2.75) is 11.8 Å². The van der Waals surface area contributed by atoms with Gasteiger partial charge in [-0.1, -0.05) is 0 Å². The SMILES string of the molecule is Cc1cc(S)c(F)cc1O. The molecular formula is C7H7FOS. The number of thiol groups is 1. The number of hydrogen-bond donors (Lipinski definition) is 2. The Kier molecular flexibility index (Phi) is 1.85. The Bertz CT molecular complexity index is 210. The molecule has 0 fully saturated rings. The average molecular weight is 158 g/mol. The molecule has 0 atom stereocenters. The minimum absolute atomic E-state index is 0.0321. The van der Waals surface area contributed by atoms with Crippen molar-refractivity contribution in [1.82, 2.24) is 0 Å². The van der Waals surface area contributed by atoms with Crippen molar-refractivity contribution in [1.29, 1.82) is 0 Å². The Labute approximate surface area is 63.9 Å². The third-order valence-corrected chi connectivity index (χ3v) is 1.61. The lowest BCUT2D eigenvalue weighted by atomic mass is 10.2. The van der Waals surface area contributed by atoms with E-state index in [0.717, 1.165) is 6.07 Å². The maximum Gasteiger partial charge on any atom is 0.140 e. The highest BCUT2D eigenvalue weighted by Crippen LogP contribution is 2.22. The largest absolute Gasteiger partial charge is 0.508 e. The molecule has 54 valence electrons. The van der Waals surface area contributed by atoms with Gasteiger partial charge in [-0.05, 0) is 18.6 Å². The summed E-state index contributed by atoms with van der Waals surface area (Å²) in [6.45, 7) is 1.69. The maximum absolute atomic E-state index is 12.5. The third-order valence-electron chi connectivity index (χ3n) is 1.27. The molecule has 1 rings (SSSR count). The van der Waals surface area contributed by atoms with E-state index >= 15 is 0 Å². The van der Waals surface area contributed by atoms with E-state index in [4.69, 9.17) is 5.11 Å². The first kappa shape index (κ1) is 7.41. The lowest BCUT2D eigenvalue weighted by Gasteiger charge is -1.99. The fourth-order valence-electron chi connectivity index (χ4n) is 0.656. The molecule has 0 saturated carbocycles. The van der Waals surface area contributed by atoms with E-state index in [9.17, 15) is 4.39 Å². The molecule has 0 amide bonds. The van der Waals surface area contributed by atoms with Crippen LogP contribution in [0.5, 0.6) is 5.75 Å². The third kappa shape index (κ3) is 1.24. The van der Waals surface area contributed by atoms with Crippen LogP contribution >= 0.6 is 12.6 Å². The number of benzene rings is 1. The van der Waals surface area contributed by atoms with Crippen LogP contribution in [-0.2, 0) is 0 Å². The average Bonchev–Trinajstić information content (AvgIpc) is 1.84. The Morgan fingerprint density at radius 2 is 2.10 bits per heavy atom. The molecule has 0 aliphatic carbocycles. The van der Waals surface area contributed by atoms with Gasteiger partial charge in [0.2, 0.25) is 0 Å². The lowest BCUT2D eigenvalue weighted by molar-refractivity contribution is 0.462. The number of halogens is 1. The first-order valence-electron chi connectivity index (χ1n) is 2.79. The number of hydrogen-bond acceptors (Lipinski definition) is 2. The standard InChI is InChI=1S/C7H7FOS/c1-4-2-7(10)5(8)3-6(4)9/h2-3,9-10H,1H3. The van der Waals surface area contributed by atoms with Crippen molar-refractivity contribution < 1.29 is 9.50 Å². The highest BCUT2D eigenvalue weighted by molar-refractivity contribution is 7.80. The van der Waals surface area contributed by atoms with E-state index in [-0.39, 0.29) is 10.6 Å². The molecule has 1 nitrogen and oxygen atoms in total. The molecule has 0 radical (unpaired) electrons. The summed E-state index contributed by atoms with van der Waals surface area (Å²) in [5, 5.41) is 8.95. The van der Waals surface area contributed by atoms with Crippen LogP contribution in [0.15, 0.2) is 17.0 Å². The summed E-state index contributed by atoms with van der Waals surface area (Å²) in [4.78, 5) is 0.260. The zero-order valence-electron chi connectivity index (χ0n) is 5.43. The van der Waals surface area contributed by atoms with E-state index in [0.29, 0.717) is 5.56 Å². The summed E-state index contributed by atoms with van der Waals surface area (Å²) < 4.78 is 12.5. The summed E-state index contributed by atoms with van der Waals surface area (Å²) in [6, 6.07) is 2.53. The van der Waals surface area contributed by atoms with Crippen molar-refractivity contribution in [3.63, 3.8) is 0 Å². The predicted octanol–water partition coefficient (Wildman–Crippen LogP) is 2.13. The second-order valence-electron chi connectivity index (χ2n) is 2.09. The van der Waals surface area contributed by atoms with Gasteiger partial charge < -0.3 is 5.11 Å². The Hall–Kier alpha value is -0.700. The summed E-state index contributed by atoms with van der Waals surface area (Å²) in [5.41, 5.74) is 0.631. The topological polar surface area (TPSA) is 20.2 Å². The van der Waals surface area contributed by atoms with Crippen molar-refractivity contribution in [2.75, 3.05) is 0 Å². The Morgan fingerprint density at radius 3 is 2.60 bits per heavy atom. The van der Waals surface area contributed by atoms with Crippen LogP contribution in [0.25, 0.3) is 0 Å². The van der Waals surface area contributed by atoms with Crippen molar-refractivity contribution >= 4 is 12.6 Å². The molecule has 0 spiro atoms. The van der Waals surface area contributed by atoms with Crippen molar-refractivity contribution in [2.24, 2.45) is 0 Å². The fourth-order valence-corrected chi connectivity index (χ4v) is 0.914. The van der Waals surface area contributed by atoms with Crippen LogP contribution in [0.3, 0.4) is 0 Å². The molecule has 0 unspecified atom stereocenters. The molecule has 0 saturated heterocycles. The molecule has 3 heteroatoms. The number of phenols is 1. The lowest BCUT2D eigenvalue weighted by Crippen LogP contribution is -1.80. The van der Waals surface area contributed by atoms with Crippen LogP contribution in [0.1, 0.15) is 5.56 Å². The van der Waals surface area contributed by atoms with Gasteiger partial charge in [0.05, 0.1) is 0 Å². The Balaban J connectivity index is 3.28. The van der Waals surface area contributed by atoms with E-state index in [1.807, 2.05) is 0 Å². The van der Waals surface area contributed by atoms with Crippen LogP contribution in [0.4, 0.5) is 4.39 Å². The number of aryl methyl sites for hydroxylation is 1. The van der Waals surface area contributed by atoms with Gasteiger partial charge >= 0.3 is 0 Å². The highest BCUT2D eigenvalue weighted by Gasteiger charge is 2.01. The van der Waals surface area contributed by atoms with Gasteiger partial charge in [-0.15, -0.1) is 12.6 Å². The van der Waals surface area contributed by atoms with E-state index in [1.54, 1.807) is 6.92 Å². The van der Waals surface area contributed by atoms with Crippen molar-refractivity contribution in [3.8, 4) is 5.75 Å². The monoisotopic (exact) mass is 158 g/mol. The maximum atomic E-state index is 12.5. The minimum atomic E-state index is -0.494. The predicted molar refractivity (Wildman–Crippen MR) is 40.1 cm³/mol. The molecule has 1 N–H and O–H groups in total. The van der Waals surface area contributed by atoms with E-state index < -0.39 is 5.82 Å². The van der Waals surface area contributed by atoms with Gasteiger partial charge in [0, 0.05) is 11.0 Å². The molecule has 10 heavy (non-hydrogen) atoms. The molecule has 1 aromatic rings. The molecule has 1 aromatic carbocycles. The van der Waals surface area contributed by atoms with E-state index in [2.05, 4.69) is 12.6 Å². The second kappa shape index (κ2) is 2.50. The molecule has 0 aromatic heterocycles. The van der Waals surface area contributed by atoms with Crippen molar-refractivity contribution in [3.05, 3.63) is 23.5 Å². The molecular weight excluding hydrogens is 151 g/mol. The summed E-state index contributed by atoms with van der Waals surface area (Å²) >= 11 is 3.83. The van der Waals surface area contributed by atoms with Gasteiger partial charge in [-0.2, -0.15) is 0 Å². The minimum Gasteiger partial charge on any atom is -0.508 e. The van der Waals surface area contributed by atoms with Crippen LogP contribution in [-0.4, -0.2) is 5.11 Å². The van der Waals surface area contributed by atoms with Gasteiger partial charge in [0.25, 0.3) is 0 Å². The van der Waals surface area contributed by atoms with Crippen LogP contribution in [0.2, 0.25) is 0 Å². The molecule has 0 aliphatic heterocycles. The first-order chi connectivity index (χ1) is 4.61. The molecule has 0 aliphatic rings. The Morgan fingerprint density at radius 1 is 1.50 bits per heavy atom. The smallest absolute Gasteiger partial charge is 0.140 e. The van der Waals surface area contributed by atoms with Crippen LogP contribution < -0.4 is 0 Å². The zero-order chi connectivity index (χ0) is 7.72. The van der Waals surface area contributed by atoms with Gasteiger partial charge in [-0.3, -0.25) is 0 Å². The summed E-state index contributed by atoms with van der Waals surface area (Å²) in [6.07, 6.45) is 0. The van der Waals surface area contributed by atoms with Gasteiger partial charge in [-0.25, -0.2) is 4.39 Å². The molecule has 0 bridgehead atoms. The zero-order valence-corrected chi connectivity index (χ0v) is 6.32. The molecule has 0 heterocycles. The number of phenolic OH excluding ortho intramolecular Hbond substituents is 1. The van der Waals surface area contributed by atoms with Gasteiger partial charge in [0.15, 0.2) is 0 Å². The van der Waals surface area contributed by atoms with Gasteiger partial charge in [0.1, 0.15) is 11.6 Å². The summed E-state index contributed by atoms with van der Waals surface area (Å²) in [5.74, 6) is -0.526. The second-order valence-corrected chi connectivity index (χ2v) is 2.57. The van der Waals surface area contributed by atoms with E-state index in [1.165, 1.54) is 6.07 Å². The normalized spacial score (nSPS) is 9.90. The first-order valence-corrected chi connectivity index (χ1v) is 3.24. The van der Waals surface area contributed by atoms with Crippen LogP contribution in [0, 0.1) is 12.7 Å².